The van der Waals surface area contributed by atoms with E-state index in [0.29, 0.717) is 0 Å². The lowest BCUT2D eigenvalue weighted by molar-refractivity contribution is 0.303. The second-order valence-corrected chi connectivity index (χ2v) is 6.07. The Bertz CT molecular complexity index is 521. The van der Waals surface area contributed by atoms with Crippen LogP contribution in [0, 0.1) is 0 Å². The monoisotopic (exact) mass is 311 g/mol. The molecule has 0 aliphatic rings. The summed E-state index contributed by atoms with van der Waals surface area (Å²) in [6.07, 6.45) is 12.4. The number of pyridine rings is 1. The van der Waals surface area contributed by atoms with Crippen LogP contribution < -0.4 is 4.74 Å². The normalized spacial score (nSPS) is 10.7. The third-order valence-corrected chi connectivity index (χ3v) is 4.07. The van der Waals surface area contributed by atoms with Gasteiger partial charge in [0.15, 0.2) is 0 Å². The molecule has 0 aliphatic carbocycles. The smallest absolute Gasteiger partial charge is 0.137 e. The van der Waals surface area contributed by atoms with Crippen LogP contribution >= 0.6 is 0 Å². The average molecular weight is 311 g/mol. The fourth-order valence-electron chi connectivity index (χ4n) is 2.67. The Hall–Kier alpha value is -1.83. The van der Waals surface area contributed by atoms with Gasteiger partial charge in [0.05, 0.1) is 18.5 Å². The van der Waals surface area contributed by atoms with Crippen molar-refractivity contribution in [3.63, 3.8) is 0 Å². The van der Waals surface area contributed by atoms with Crippen LogP contribution in [-0.4, -0.2) is 11.6 Å². The number of benzene rings is 1. The quantitative estimate of drug-likeness (QED) is 0.456. The van der Waals surface area contributed by atoms with Crippen molar-refractivity contribution in [1.82, 2.24) is 4.98 Å². The van der Waals surface area contributed by atoms with Gasteiger partial charge in [-0.25, -0.2) is 0 Å². The summed E-state index contributed by atoms with van der Waals surface area (Å²) in [7, 11) is 0. The van der Waals surface area contributed by atoms with E-state index in [0.717, 1.165) is 30.0 Å². The standard InChI is InChI=1S/C21H29NO/c1-2-3-4-5-6-7-8-12-17-23-20-15-16-21(22-18-20)19-13-10-9-11-14-19/h9-11,13-16,18H,2-8,12,17H2,1H3. The number of nitrogens with zero attached hydrogens (tertiary/aromatic N) is 1. The number of hydrogen-bond acceptors (Lipinski definition) is 2. The van der Waals surface area contributed by atoms with Gasteiger partial charge >= 0.3 is 0 Å². The summed E-state index contributed by atoms with van der Waals surface area (Å²) in [4.78, 5) is 4.48. The number of rotatable bonds is 11. The van der Waals surface area contributed by atoms with Crippen molar-refractivity contribution in [1.29, 1.82) is 0 Å². The summed E-state index contributed by atoms with van der Waals surface area (Å²) >= 11 is 0. The lowest BCUT2D eigenvalue weighted by atomic mass is 10.1. The molecule has 2 aromatic rings. The molecule has 1 aromatic heterocycles. The maximum atomic E-state index is 5.78. The molecule has 1 heterocycles. The summed E-state index contributed by atoms with van der Waals surface area (Å²) in [6, 6.07) is 14.3. The van der Waals surface area contributed by atoms with E-state index < -0.39 is 0 Å². The third-order valence-electron chi connectivity index (χ3n) is 4.07. The van der Waals surface area contributed by atoms with Crippen LogP contribution in [-0.2, 0) is 0 Å². The van der Waals surface area contributed by atoms with E-state index in [-0.39, 0.29) is 0 Å². The van der Waals surface area contributed by atoms with Crippen LogP contribution in [0.4, 0.5) is 0 Å². The highest BCUT2D eigenvalue weighted by molar-refractivity contribution is 5.58. The molecule has 23 heavy (non-hydrogen) atoms. The zero-order chi connectivity index (χ0) is 16.2. The van der Waals surface area contributed by atoms with Crippen molar-refractivity contribution in [2.45, 2.75) is 58.3 Å². The highest BCUT2D eigenvalue weighted by Gasteiger charge is 1.99. The second-order valence-electron chi connectivity index (χ2n) is 6.07. The lowest BCUT2D eigenvalue weighted by Gasteiger charge is -2.07. The Labute approximate surface area is 140 Å². The molecule has 2 heteroatoms. The molecule has 0 atom stereocenters. The molecule has 0 spiro atoms. The number of unbranched alkanes of at least 4 members (excludes halogenated alkanes) is 7. The van der Waals surface area contributed by atoms with Crippen LogP contribution in [0.25, 0.3) is 11.3 Å². The molecule has 0 saturated heterocycles. The fourth-order valence-corrected chi connectivity index (χ4v) is 2.67. The SMILES string of the molecule is CCCCCCCCCCOc1ccc(-c2ccccc2)nc1. The highest BCUT2D eigenvalue weighted by Crippen LogP contribution is 2.19. The number of ether oxygens (including phenoxy) is 1. The first-order valence-electron chi connectivity index (χ1n) is 9.04. The first-order valence-corrected chi connectivity index (χ1v) is 9.04. The molecule has 2 rings (SSSR count). The van der Waals surface area contributed by atoms with Gasteiger partial charge in [-0.05, 0) is 18.6 Å². The van der Waals surface area contributed by atoms with Crippen LogP contribution in [0.1, 0.15) is 58.3 Å². The van der Waals surface area contributed by atoms with E-state index in [1.165, 1.54) is 44.9 Å². The summed E-state index contributed by atoms with van der Waals surface area (Å²) < 4.78 is 5.78. The summed E-state index contributed by atoms with van der Waals surface area (Å²) in [6.45, 7) is 3.06. The van der Waals surface area contributed by atoms with E-state index in [2.05, 4.69) is 24.0 Å². The number of hydrogen-bond donors (Lipinski definition) is 0. The van der Waals surface area contributed by atoms with Crippen LogP contribution in [0.5, 0.6) is 5.75 Å². The molecule has 0 radical (unpaired) electrons. The molecular weight excluding hydrogens is 282 g/mol. The van der Waals surface area contributed by atoms with Gasteiger partial charge in [-0.3, -0.25) is 4.98 Å². The van der Waals surface area contributed by atoms with Crippen molar-refractivity contribution in [2.24, 2.45) is 0 Å². The molecule has 2 nitrogen and oxygen atoms in total. The Morgan fingerprint density at radius 2 is 1.48 bits per heavy atom. The molecule has 0 unspecified atom stereocenters. The first-order chi connectivity index (χ1) is 11.4. The maximum absolute atomic E-state index is 5.78. The minimum atomic E-state index is 0.793. The maximum Gasteiger partial charge on any atom is 0.137 e. The van der Waals surface area contributed by atoms with Gasteiger partial charge < -0.3 is 4.74 Å². The van der Waals surface area contributed by atoms with Crippen molar-refractivity contribution < 1.29 is 4.74 Å². The third kappa shape index (κ3) is 6.85. The van der Waals surface area contributed by atoms with E-state index in [1.807, 2.05) is 36.5 Å². The van der Waals surface area contributed by atoms with Crippen LogP contribution in [0.15, 0.2) is 48.7 Å². The van der Waals surface area contributed by atoms with Gasteiger partial charge in [-0.1, -0.05) is 82.2 Å². The molecular formula is C21H29NO. The first kappa shape index (κ1) is 17.5. The Morgan fingerprint density at radius 1 is 0.783 bits per heavy atom. The van der Waals surface area contributed by atoms with Crippen molar-refractivity contribution in [2.75, 3.05) is 6.61 Å². The molecule has 124 valence electrons. The number of aromatic nitrogens is 1. The molecule has 0 aliphatic heterocycles. The average Bonchev–Trinajstić information content (AvgIpc) is 2.62. The Morgan fingerprint density at radius 3 is 2.13 bits per heavy atom. The van der Waals surface area contributed by atoms with Crippen molar-refractivity contribution in [3.8, 4) is 17.0 Å². The van der Waals surface area contributed by atoms with Gasteiger partial charge in [-0.15, -0.1) is 0 Å². The molecule has 0 fully saturated rings. The van der Waals surface area contributed by atoms with Gasteiger partial charge in [0.25, 0.3) is 0 Å². The topological polar surface area (TPSA) is 22.1 Å². The van der Waals surface area contributed by atoms with E-state index in [4.69, 9.17) is 4.74 Å². The summed E-state index contributed by atoms with van der Waals surface area (Å²) in [5.41, 5.74) is 2.13. The molecule has 0 amide bonds. The minimum Gasteiger partial charge on any atom is -0.492 e. The predicted molar refractivity (Wildman–Crippen MR) is 97.8 cm³/mol. The van der Waals surface area contributed by atoms with E-state index in [9.17, 15) is 0 Å². The van der Waals surface area contributed by atoms with Gasteiger partial charge in [-0.2, -0.15) is 0 Å². The van der Waals surface area contributed by atoms with Crippen molar-refractivity contribution in [3.05, 3.63) is 48.7 Å². The molecule has 0 bridgehead atoms. The molecule has 1 aromatic carbocycles. The zero-order valence-corrected chi connectivity index (χ0v) is 14.3. The fraction of sp³-hybridized carbons (Fsp3) is 0.476. The van der Waals surface area contributed by atoms with Gasteiger partial charge in [0.1, 0.15) is 5.75 Å². The summed E-state index contributed by atoms with van der Waals surface area (Å²) in [5.74, 6) is 0.868. The zero-order valence-electron chi connectivity index (χ0n) is 14.3. The molecule has 0 saturated carbocycles. The second kappa shape index (κ2) is 10.8. The van der Waals surface area contributed by atoms with E-state index >= 15 is 0 Å². The Kier molecular flexibility index (Phi) is 8.25. The largest absolute Gasteiger partial charge is 0.492 e. The van der Waals surface area contributed by atoms with Crippen LogP contribution in [0.3, 0.4) is 0 Å². The molecule has 0 N–H and O–H groups in total. The van der Waals surface area contributed by atoms with Gasteiger partial charge in [0, 0.05) is 5.56 Å². The predicted octanol–water partition coefficient (Wildman–Crippen LogP) is 6.27. The lowest BCUT2D eigenvalue weighted by Crippen LogP contribution is -1.98. The van der Waals surface area contributed by atoms with Crippen molar-refractivity contribution >= 4 is 0 Å². The summed E-state index contributed by atoms with van der Waals surface area (Å²) in [5, 5.41) is 0. The van der Waals surface area contributed by atoms with E-state index in [1.54, 1.807) is 0 Å². The minimum absolute atomic E-state index is 0.793. The van der Waals surface area contributed by atoms with Gasteiger partial charge in [0.2, 0.25) is 0 Å². The highest BCUT2D eigenvalue weighted by atomic mass is 16.5. The Balaban J connectivity index is 1.60. The van der Waals surface area contributed by atoms with Crippen LogP contribution in [0.2, 0.25) is 0 Å².